The van der Waals surface area contributed by atoms with E-state index in [-0.39, 0.29) is 17.4 Å². The number of aromatic nitrogens is 1. The first-order valence-corrected chi connectivity index (χ1v) is 7.48. The summed E-state index contributed by atoms with van der Waals surface area (Å²) in [5.41, 5.74) is 6.69. The van der Waals surface area contributed by atoms with E-state index in [0.717, 1.165) is 19.4 Å². The van der Waals surface area contributed by atoms with Gasteiger partial charge in [0, 0.05) is 24.7 Å². The third-order valence-electron chi connectivity index (χ3n) is 4.00. The number of hydrogen-bond donors (Lipinski definition) is 2. The van der Waals surface area contributed by atoms with Crippen molar-refractivity contribution in [3.05, 3.63) is 29.8 Å². The maximum Gasteiger partial charge on any atom is 0.343 e. The average Bonchev–Trinajstić information content (AvgIpc) is 3.00. The number of carbonyl (C=O) groups is 1. The van der Waals surface area contributed by atoms with Crippen LogP contribution in [0.3, 0.4) is 0 Å². The van der Waals surface area contributed by atoms with Gasteiger partial charge in [0.25, 0.3) is 0 Å². The van der Waals surface area contributed by atoms with E-state index in [2.05, 4.69) is 5.16 Å². The monoisotopic (exact) mass is 317 g/mol. The number of nitrogens with two attached hydrogens (primary N) is 1. The SMILES string of the molecule is COc1ccc(-c2onc(N3CCC[C@H](N)C3)c2C(=O)O)cc1. The van der Waals surface area contributed by atoms with Gasteiger partial charge in [-0.15, -0.1) is 0 Å². The first-order chi connectivity index (χ1) is 11.1. The van der Waals surface area contributed by atoms with Crippen molar-refractivity contribution in [2.24, 2.45) is 5.73 Å². The predicted molar refractivity (Wildman–Crippen MR) is 84.9 cm³/mol. The molecule has 0 amide bonds. The van der Waals surface area contributed by atoms with Gasteiger partial charge in [-0.25, -0.2) is 4.79 Å². The van der Waals surface area contributed by atoms with E-state index in [4.69, 9.17) is 15.0 Å². The largest absolute Gasteiger partial charge is 0.497 e. The number of hydrogen-bond acceptors (Lipinski definition) is 6. The molecule has 1 aliphatic heterocycles. The number of anilines is 1. The zero-order valence-corrected chi connectivity index (χ0v) is 12.9. The van der Waals surface area contributed by atoms with E-state index in [1.807, 2.05) is 4.90 Å². The summed E-state index contributed by atoms with van der Waals surface area (Å²) in [6.07, 6.45) is 1.84. The lowest BCUT2D eigenvalue weighted by Gasteiger charge is -2.30. The third kappa shape index (κ3) is 3.00. The van der Waals surface area contributed by atoms with Crippen LogP contribution in [-0.2, 0) is 0 Å². The first kappa shape index (κ1) is 15.4. The fraction of sp³-hybridized carbons (Fsp3) is 0.375. The molecule has 1 aromatic carbocycles. The number of methoxy groups -OCH3 is 1. The number of carboxylic acids is 1. The molecule has 1 atom stereocenters. The minimum Gasteiger partial charge on any atom is -0.497 e. The van der Waals surface area contributed by atoms with E-state index < -0.39 is 5.97 Å². The Morgan fingerprint density at radius 1 is 1.43 bits per heavy atom. The number of nitrogens with zero attached hydrogens (tertiary/aromatic N) is 2. The molecule has 0 spiro atoms. The summed E-state index contributed by atoms with van der Waals surface area (Å²) < 4.78 is 10.5. The normalized spacial score (nSPS) is 18.0. The van der Waals surface area contributed by atoms with Crippen molar-refractivity contribution in [1.29, 1.82) is 0 Å². The lowest BCUT2D eigenvalue weighted by Crippen LogP contribution is -2.43. The lowest BCUT2D eigenvalue weighted by atomic mass is 10.0. The van der Waals surface area contributed by atoms with Crippen LogP contribution in [0.1, 0.15) is 23.2 Å². The van der Waals surface area contributed by atoms with Gasteiger partial charge >= 0.3 is 5.97 Å². The second-order valence-corrected chi connectivity index (χ2v) is 5.59. The van der Waals surface area contributed by atoms with E-state index in [1.165, 1.54) is 0 Å². The summed E-state index contributed by atoms with van der Waals surface area (Å²) in [6, 6.07) is 7.01. The van der Waals surface area contributed by atoms with Crippen molar-refractivity contribution in [2.45, 2.75) is 18.9 Å². The van der Waals surface area contributed by atoms with Crippen LogP contribution in [0.5, 0.6) is 5.75 Å². The van der Waals surface area contributed by atoms with Crippen LogP contribution in [-0.4, -0.2) is 42.5 Å². The molecule has 0 radical (unpaired) electrons. The Kier molecular flexibility index (Phi) is 4.20. The summed E-state index contributed by atoms with van der Waals surface area (Å²) in [6.45, 7) is 1.30. The molecule has 1 saturated heterocycles. The molecule has 1 aromatic heterocycles. The van der Waals surface area contributed by atoms with Crippen LogP contribution in [0.4, 0.5) is 5.82 Å². The zero-order valence-electron chi connectivity index (χ0n) is 12.9. The Labute approximate surface area is 133 Å². The summed E-state index contributed by atoms with van der Waals surface area (Å²) >= 11 is 0. The molecule has 7 nitrogen and oxygen atoms in total. The molecule has 0 aliphatic carbocycles. The molecule has 23 heavy (non-hydrogen) atoms. The average molecular weight is 317 g/mol. The van der Waals surface area contributed by atoms with Crippen molar-refractivity contribution in [3.8, 4) is 17.1 Å². The van der Waals surface area contributed by atoms with Gasteiger partial charge in [0.15, 0.2) is 17.1 Å². The number of benzene rings is 1. The number of aromatic carboxylic acids is 1. The van der Waals surface area contributed by atoms with Gasteiger partial charge in [-0.05, 0) is 37.1 Å². The smallest absolute Gasteiger partial charge is 0.343 e. The maximum absolute atomic E-state index is 11.7. The Morgan fingerprint density at radius 2 is 2.17 bits per heavy atom. The molecule has 2 heterocycles. The van der Waals surface area contributed by atoms with Gasteiger partial charge < -0.3 is 25.0 Å². The number of ether oxygens (including phenoxy) is 1. The van der Waals surface area contributed by atoms with Crippen molar-refractivity contribution in [3.63, 3.8) is 0 Å². The number of rotatable bonds is 4. The van der Waals surface area contributed by atoms with Gasteiger partial charge in [-0.3, -0.25) is 0 Å². The Bertz CT molecular complexity index is 696. The molecule has 0 saturated carbocycles. The van der Waals surface area contributed by atoms with Gasteiger partial charge in [0.2, 0.25) is 0 Å². The highest BCUT2D eigenvalue weighted by Crippen LogP contribution is 2.33. The minimum absolute atomic E-state index is 0.0199. The molecule has 2 aromatic rings. The van der Waals surface area contributed by atoms with Crippen LogP contribution in [0, 0.1) is 0 Å². The molecule has 3 N–H and O–H groups in total. The molecule has 0 bridgehead atoms. The van der Waals surface area contributed by atoms with Crippen molar-refractivity contribution in [1.82, 2.24) is 5.16 Å². The molecule has 0 unspecified atom stereocenters. The molecule has 1 fully saturated rings. The van der Waals surface area contributed by atoms with Crippen molar-refractivity contribution >= 4 is 11.8 Å². The Hall–Kier alpha value is -2.54. The van der Waals surface area contributed by atoms with Crippen LogP contribution in [0.2, 0.25) is 0 Å². The number of carboxylic acid groups (broad SMARTS) is 1. The summed E-state index contributed by atoms with van der Waals surface area (Å²) in [7, 11) is 1.57. The minimum atomic E-state index is -1.06. The van der Waals surface area contributed by atoms with Crippen molar-refractivity contribution in [2.75, 3.05) is 25.1 Å². The highest BCUT2D eigenvalue weighted by Gasteiger charge is 2.29. The first-order valence-electron chi connectivity index (χ1n) is 7.48. The molecular formula is C16H19N3O4. The molecule has 3 rings (SSSR count). The lowest BCUT2D eigenvalue weighted by molar-refractivity contribution is 0.0697. The summed E-state index contributed by atoms with van der Waals surface area (Å²) in [5.74, 6) is 0.214. The Morgan fingerprint density at radius 3 is 2.78 bits per heavy atom. The number of piperidine rings is 1. The summed E-state index contributed by atoms with van der Waals surface area (Å²) in [5, 5.41) is 13.6. The van der Waals surface area contributed by atoms with Gasteiger partial charge in [0.1, 0.15) is 5.75 Å². The second kappa shape index (κ2) is 6.29. The predicted octanol–water partition coefficient (Wildman–Crippen LogP) is 1.98. The molecule has 1 aliphatic rings. The summed E-state index contributed by atoms with van der Waals surface area (Å²) in [4.78, 5) is 13.6. The zero-order chi connectivity index (χ0) is 16.4. The molecule has 7 heteroatoms. The van der Waals surface area contributed by atoms with E-state index in [1.54, 1.807) is 31.4 Å². The third-order valence-corrected chi connectivity index (χ3v) is 4.00. The molecule has 122 valence electrons. The fourth-order valence-electron chi connectivity index (χ4n) is 2.83. The molecular weight excluding hydrogens is 298 g/mol. The van der Waals surface area contributed by atoms with Crippen LogP contribution in [0.15, 0.2) is 28.8 Å². The fourth-order valence-corrected chi connectivity index (χ4v) is 2.83. The standard InChI is InChI=1S/C16H19N3O4/c1-22-12-6-4-10(5-7-12)14-13(16(20)21)15(18-23-14)19-8-2-3-11(17)9-19/h4-7,11H,2-3,8-9,17H2,1H3,(H,20,21)/t11-/m0/s1. The van der Waals surface area contributed by atoms with E-state index in [9.17, 15) is 9.90 Å². The van der Waals surface area contributed by atoms with Gasteiger partial charge in [-0.1, -0.05) is 5.16 Å². The van der Waals surface area contributed by atoms with E-state index in [0.29, 0.717) is 23.7 Å². The quantitative estimate of drug-likeness (QED) is 0.888. The van der Waals surface area contributed by atoms with Crippen LogP contribution < -0.4 is 15.4 Å². The van der Waals surface area contributed by atoms with Gasteiger partial charge in [0.05, 0.1) is 7.11 Å². The maximum atomic E-state index is 11.7. The van der Waals surface area contributed by atoms with Crippen LogP contribution >= 0.6 is 0 Å². The second-order valence-electron chi connectivity index (χ2n) is 5.59. The highest BCUT2D eigenvalue weighted by atomic mass is 16.5. The van der Waals surface area contributed by atoms with Gasteiger partial charge in [-0.2, -0.15) is 0 Å². The Balaban J connectivity index is 1.99. The van der Waals surface area contributed by atoms with E-state index >= 15 is 0 Å². The van der Waals surface area contributed by atoms with Crippen molar-refractivity contribution < 1.29 is 19.2 Å². The highest BCUT2D eigenvalue weighted by molar-refractivity contribution is 5.99. The van der Waals surface area contributed by atoms with Crippen LogP contribution in [0.25, 0.3) is 11.3 Å². The topological polar surface area (TPSA) is 102 Å².